The number of aliphatic hydroxyl groups excluding tert-OH is 2. The van der Waals surface area contributed by atoms with Crippen LogP contribution in [0.5, 0.6) is 11.5 Å². The van der Waals surface area contributed by atoms with Crippen molar-refractivity contribution in [2.75, 3.05) is 45.3 Å². The average Bonchev–Trinajstić information content (AvgIpc) is 3.30. The van der Waals surface area contributed by atoms with E-state index in [0.29, 0.717) is 55.2 Å². The predicted octanol–water partition coefficient (Wildman–Crippen LogP) is 10.5. The molecule has 14 heteroatoms. The van der Waals surface area contributed by atoms with Crippen LogP contribution in [0.3, 0.4) is 0 Å². The van der Waals surface area contributed by atoms with Crippen LogP contribution >= 0.6 is 11.8 Å². The second-order valence-corrected chi connectivity index (χ2v) is 19.5. The van der Waals surface area contributed by atoms with Crippen LogP contribution in [0.1, 0.15) is 96.1 Å². The molecule has 1 amide bonds. The quantitative estimate of drug-likeness (QED) is 0.0289. The summed E-state index contributed by atoms with van der Waals surface area (Å²) in [6.45, 7) is 13.5. The monoisotopic (exact) mass is 913 g/mol. The van der Waals surface area contributed by atoms with Gasteiger partial charge in [0, 0.05) is 60.4 Å². The summed E-state index contributed by atoms with van der Waals surface area (Å²) in [5, 5.41) is 36.2. The van der Waals surface area contributed by atoms with Gasteiger partial charge in [0.05, 0.1) is 36.4 Å². The van der Waals surface area contributed by atoms with Gasteiger partial charge in [0.2, 0.25) is 5.79 Å². The summed E-state index contributed by atoms with van der Waals surface area (Å²) in [4.78, 5) is 34.5. The number of benzene rings is 3. The summed E-state index contributed by atoms with van der Waals surface area (Å²) in [7, 11) is 0. The Morgan fingerprint density at radius 2 is 1.78 bits per heavy atom. The first-order valence-electron chi connectivity index (χ1n) is 23.1. The Labute approximate surface area is 388 Å². The third-order valence-electron chi connectivity index (χ3n) is 12.3. The minimum atomic E-state index is -1.43. The molecule has 0 saturated heterocycles. The van der Waals surface area contributed by atoms with Gasteiger partial charge < -0.3 is 34.0 Å². The zero-order valence-corrected chi connectivity index (χ0v) is 39.2. The van der Waals surface area contributed by atoms with E-state index in [1.54, 1.807) is 34.9 Å². The van der Waals surface area contributed by atoms with Gasteiger partial charge in [-0.05, 0) is 103 Å². The number of unbranched alkanes of at least 4 members (excludes halogenated alkanes) is 2. The van der Waals surface area contributed by atoms with Crippen molar-refractivity contribution in [3.8, 4) is 11.5 Å². The number of hydrogen-bond donors (Lipinski definition) is 2. The van der Waals surface area contributed by atoms with Crippen LogP contribution in [0.25, 0.3) is 0 Å². The lowest BCUT2D eigenvalue weighted by atomic mass is 9.55. The molecule has 3 aromatic rings. The molecule has 65 heavy (non-hydrogen) atoms. The maximum absolute atomic E-state index is 14.5. The number of carbonyl (C=O) groups excluding carboxylic acids is 1. The van der Waals surface area contributed by atoms with E-state index < -0.39 is 28.8 Å². The first kappa shape index (κ1) is 49.5. The number of ether oxygens (including phenoxy) is 4. The third kappa shape index (κ3) is 12.5. The molecule has 0 bridgehead atoms. The normalized spacial score (nSPS) is 22.8. The van der Waals surface area contributed by atoms with Gasteiger partial charge in [0.15, 0.2) is 0 Å². The molecule has 3 aromatic carbocycles. The summed E-state index contributed by atoms with van der Waals surface area (Å²) in [5.41, 5.74) is 2.93. The fraction of sp³-hybridized carbons (Fsp3) is 0.529. The van der Waals surface area contributed by atoms with Crippen LogP contribution in [0.15, 0.2) is 107 Å². The van der Waals surface area contributed by atoms with Crippen molar-refractivity contribution in [2.45, 2.75) is 108 Å². The molecule has 0 aromatic heterocycles. The Morgan fingerprint density at radius 3 is 2.46 bits per heavy atom. The smallest absolute Gasteiger partial charge is 0.410 e. The number of nitro benzene ring substituents is 1. The van der Waals surface area contributed by atoms with E-state index in [1.165, 1.54) is 17.0 Å². The van der Waals surface area contributed by atoms with Crippen LogP contribution in [-0.2, 0) is 20.9 Å². The zero-order chi connectivity index (χ0) is 46.4. The number of hydrogen-bond acceptors (Lipinski definition) is 12. The second-order valence-electron chi connectivity index (χ2n) is 18.3. The minimum absolute atomic E-state index is 0.0168. The number of fused-ring (bicyclic) bond motifs is 2. The highest BCUT2D eigenvalue weighted by Gasteiger charge is 2.65. The van der Waals surface area contributed by atoms with Crippen molar-refractivity contribution in [2.24, 2.45) is 28.3 Å². The maximum atomic E-state index is 14.5. The lowest BCUT2D eigenvalue weighted by Gasteiger charge is -2.60. The Morgan fingerprint density at radius 1 is 1.05 bits per heavy atom. The van der Waals surface area contributed by atoms with E-state index in [0.717, 1.165) is 42.6 Å². The Balaban J connectivity index is 1.50. The molecule has 2 N–H and O–H groups in total. The molecule has 2 aliphatic carbocycles. The standard InChI is InChI=1S/C51H67N3O10S/c1-6-25-53(49(57)61-35-50(3,4)5)46-33-44(52-63-34-36-19-21-38(22-20-36)54(58)59)42-31-37(15-11-13-26-55)41(18-12-14-27-56)47-43-32-39(60-29-30-65-40-16-9-8-10-17-40)23-24-45(43)64-51(46,48(42)47)62-28-7-2/h7-10,16-17,19-24,31-32,37,41,46-48,55-56H,2,6,11-15,18,25-30,33-35H2,1,3-5H3/t37-,41+,46-,47+,48+,51+/m0/s1. The number of aliphatic hydroxyl groups is 2. The van der Waals surface area contributed by atoms with E-state index in [-0.39, 0.29) is 68.3 Å². The lowest BCUT2D eigenvalue weighted by Crippen LogP contribution is -2.70. The van der Waals surface area contributed by atoms with E-state index in [1.807, 2.05) is 58.0 Å². The Kier molecular flexibility index (Phi) is 17.9. The molecule has 1 aliphatic heterocycles. The van der Waals surface area contributed by atoms with Gasteiger partial charge in [-0.1, -0.05) is 76.0 Å². The molecule has 0 unspecified atom stereocenters. The van der Waals surface area contributed by atoms with Crippen molar-refractivity contribution in [3.05, 3.63) is 118 Å². The van der Waals surface area contributed by atoms with E-state index in [2.05, 4.69) is 30.9 Å². The van der Waals surface area contributed by atoms with Gasteiger partial charge in [-0.25, -0.2) is 4.79 Å². The number of carbonyl (C=O) groups is 1. The highest BCUT2D eigenvalue weighted by molar-refractivity contribution is 7.99. The van der Waals surface area contributed by atoms with Crippen molar-refractivity contribution in [1.29, 1.82) is 0 Å². The van der Waals surface area contributed by atoms with Crippen molar-refractivity contribution < 1.29 is 43.7 Å². The lowest BCUT2D eigenvalue weighted by molar-refractivity contribution is -0.384. The summed E-state index contributed by atoms with van der Waals surface area (Å²) < 4.78 is 27.0. The minimum Gasteiger partial charge on any atom is -0.493 e. The van der Waals surface area contributed by atoms with Gasteiger partial charge in [0.1, 0.15) is 24.1 Å². The topological polar surface area (TPSA) is 162 Å². The van der Waals surface area contributed by atoms with Gasteiger partial charge in [-0.2, -0.15) is 0 Å². The number of amides is 1. The van der Waals surface area contributed by atoms with Crippen molar-refractivity contribution >= 4 is 29.3 Å². The largest absolute Gasteiger partial charge is 0.493 e. The Bertz CT molecular complexity index is 2090. The highest BCUT2D eigenvalue weighted by Crippen LogP contribution is 2.62. The summed E-state index contributed by atoms with van der Waals surface area (Å²) in [6, 6.07) is 21.7. The van der Waals surface area contributed by atoms with Gasteiger partial charge in [0.25, 0.3) is 5.69 Å². The number of nitrogens with zero attached hydrogens (tertiary/aromatic N) is 3. The predicted molar refractivity (Wildman–Crippen MR) is 253 cm³/mol. The molecule has 0 spiro atoms. The molecular formula is C51H67N3O10S. The Hall–Kier alpha value is -4.89. The number of thioether (sulfide) groups is 1. The molecule has 6 rings (SSSR count). The molecule has 1 fully saturated rings. The number of rotatable bonds is 24. The molecule has 6 atom stereocenters. The van der Waals surface area contributed by atoms with E-state index in [9.17, 15) is 25.1 Å². The number of allylic oxidation sites excluding steroid dienone is 1. The molecular weight excluding hydrogens is 847 g/mol. The van der Waals surface area contributed by atoms with Crippen molar-refractivity contribution in [1.82, 2.24) is 4.90 Å². The number of oxime groups is 1. The van der Waals surface area contributed by atoms with Crippen LogP contribution in [0, 0.1) is 33.3 Å². The molecule has 13 nitrogen and oxygen atoms in total. The second kappa shape index (κ2) is 23.5. The molecule has 1 heterocycles. The molecule has 1 saturated carbocycles. The van der Waals surface area contributed by atoms with Gasteiger partial charge in [-0.15, -0.1) is 18.3 Å². The van der Waals surface area contributed by atoms with Crippen LogP contribution in [0.2, 0.25) is 0 Å². The third-order valence-corrected chi connectivity index (χ3v) is 13.2. The average molecular weight is 914 g/mol. The molecule has 352 valence electrons. The first-order valence-corrected chi connectivity index (χ1v) is 24.1. The molecule has 3 aliphatic rings. The van der Waals surface area contributed by atoms with E-state index >= 15 is 0 Å². The fourth-order valence-corrected chi connectivity index (χ4v) is 10.2. The van der Waals surface area contributed by atoms with Crippen LogP contribution < -0.4 is 9.47 Å². The van der Waals surface area contributed by atoms with E-state index in [4.69, 9.17) is 28.9 Å². The molecule has 0 radical (unpaired) electrons. The number of non-ortho nitro benzene ring substituents is 1. The first-order chi connectivity index (χ1) is 31.4. The summed E-state index contributed by atoms with van der Waals surface area (Å²) in [6.07, 6.45) is 8.87. The fourth-order valence-electron chi connectivity index (χ4n) is 9.45. The van der Waals surface area contributed by atoms with Gasteiger partial charge in [-0.3, -0.25) is 15.0 Å². The SMILES string of the molecule is C=CCO[C@@]12Oc3ccc(OCCSc4ccccc4)cc3[C@H]3[C@H](CCCCO)[C@@H](CCCCO)C=C(C(=NOCc4ccc([N+](=O)[O-])cc4)C[C@@H]1N(CCC)C(=O)OCC(C)(C)C)[C@H]32. The highest BCUT2D eigenvalue weighted by atomic mass is 32.2. The maximum Gasteiger partial charge on any atom is 0.410 e. The summed E-state index contributed by atoms with van der Waals surface area (Å²) >= 11 is 1.73. The van der Waals surface area contributed by atoms with Gasteiger partial charge >= 0.3 is 6.09 Å². The number of nitro groups is 1. The van der Waals surface area contributed by atoms with Crippen LogP contribution in [0.4, 0.5) is 10.5 Å². The van der Waals surface area contributed by atoms with Crippen LogP contribution in [-0.4, -0.2) is 89.0 Å². The van der Waals surface area contributed by atoms with Crippen molar-refractivity contribution in [3.63, 3.8) is 0 Å². The summed E-state index contributed by atoms with van der Waals surface area (Å²) in [5.74, 6) is 0.0583. The zero-order valence-electron chi connectivity index (χ0n) is 38.4.